The van der Waals surface area contributed by atoms with Crippen molar-refractivity contribution in [1.82, 2.24) is 0 Å². The number of carbonyl (C=O) groups is 1. The Morgan fingerprint density at radius 2 is 2.06 bits per heavy atom. The van der Waals surface area contributed by atoms with Crippen LogP contribution in [-0.2, 0) is 0 Å². The third-order valence-electron chi connectivity index (χ3n) is 1.74. The highest BCUT2D eigenvalue weighted by Crippen LogP contribution is 2.29. The zero-order valence-electron chi connectivity index (χ0n) is 8.27. The van der Waals surface area contributed by atoms with Gasteiger partial charge in [0, 0.05) is 5.02 Å². The normalized spacial score (nSPS) is 11.3. The SMILES string of the molecule is CCOc1ccc(Cl)cc1C(=O)C(F)(F)F. The Balaban J connectivity index is 3.19. The van der Waals surface area contributed by atoms with E-state index in [0.717, 1.165) is 6.07 Å². The second-order valence-electron chi connectivity index (χ2n) is 2.90. The zero-order chi connectivity index (χ0) is 12.3. The fourth-order valence-electron chi connectivity index (χ4n) is 1.11. The Kier molecular flexibility index (Phi) is 3.80. The summed E-state index contributed by atoms with van der Waals surface area (Å²) in [6, 6.07) is 3.55. The summed E-state index contributed by atoms with van der Waals surface area (Å²) in [6.07, 6.45) is -4.93. The van der Waals surface area contributed by atoms with E-state index in [-0.39, 0.29) is 17.4 Å². The van der Waals surface area contributed by atoms with Crippen LogP contribution in [0.3, 0.4) is 0 Å². The van der Waals surface area contributed by atoms with Crippen molar-refractivity contribution >= 4 is 17.4 Å². The van der Waals surface area contributed by atoms with Crippen LogP contribution in [0.1, 0.15) is 17.3 Å². The Bertz CT molecular complexity index is 402. The minimum absolute atomic E-state index is 0.0519. The Morgan fingerprint density at radius 3 is 2.56 bits per heavy atom. The van der Waals surface area contributed by atoms with E-state index in [1.165, 1.54) is 12.1 Å². The molecule has 0 saturated heterocycles. The van der Waals surface area contributed by atoms with Gasteiger partial charge in [0.2, 0.25) is 0 Å². The highest BCUT2D eigenvalue weighted by atomic mass is 35.5. The summed E-state index contributed by atoms with van der Waals surface area (Å²) in [5.41, 5.74) is -0.568. The second-order valence-corrected chi connectivity index (χ2v) is 3.34. The molecule has 0 aromatic heterocycles. The third-order valence-corrected chi connectivity index (χ3v) is 1.98. The van der Waals surface area contributed by atoms with Crippen LogP contribution >= 0.6 is 11.6 Å². The molecule has 0 heterocycles. The summed E-state index contributed by atoms with van der Waals surface area (Å²) in [6.45, 7) is 1.77. The molecule has 16 heavy (non-hydrogen) atoms. The topological polar surface area (TPSA) is 26.3 Å². The number of ether oxygens (including phenoxy) is 1. The maximum atomic E-state index is 12.2. The number of Topliss-reactive ketones (excluding diaryl/α,β-unsaturated/α-hetero) is 1. The molecular formula is C10H8ClF3O2. The first-order valence-electron chi connectivity index (χ1n) is 4.40. The maximum absolute atomic E-state index is 12.2. The molecule has 0 spiro atoms. The fourth-order valence-corrected chi connectivity index (χ4v) is 1.29. The standard InChI is InChI=1S/C10H8ClF3O2/c1-2-16-8-4-3-6(11)5-7(8)9(15)10(12,13)14/h3-5H,2H2,1H3. The molecule has 0 saturated carbocycles. The van der Waals surface area contributed by atoms with Crippen molar-refractivity contribution < 1.29 is 22.7 Å². The molecule has 0 aliphatic rings. The molecule has 88 valence electrons. The van der Waals surface area contributed by atoms with E-state index in [1.54, 1.807) is 6.92 Å². The van der Waals surface area contributed by atoms with Crippen molar-refractivity contribution in [2.75, 3.05) is 6.61 Å². The summed E-state index contributed by atoms with van der Waals surface area (Å²) in [5.74, 6) is -2.08. The average molecular weight is 253 g/mol. The molecule has 1 rings (SSSR count). The second kappa shape index (κ2) is 4.74. The van der Waals surface area contributed by atoms with Crippen LogP contribution in [0.5, 0.6) is 5.75 Å². The monoisotopic (exact) mass is 252 g/mol. The minimum atomic E-state index is -4.93. The highest BCUT2D eigenvalue weighted by molar-refractivity contribution is 6.31. The lowest BCUT2D eigenvalue weighted by molar-refractivity contribution is -0.0886. The van der Waals surface area contributed by atoms with Crippen LogP contribution in [0.2, 0.25) is 5.02 Å². The van der Waals surface area contributed by atoms with Gasteiger partial charge in [-0.15, -0.1) is 0 Å². The van der Waals surface area contributed by atoms with Crippen molar-refractivity contribution in [3.8, 4) is 5.75 Å². The number of rotatable bonds is 3. The predicted octanol–water partition coefficient (Wildman–Crippen LogP) is 3.48. The first kappa shape index (κ1) is 12.8. The number of halogens is 4. The van der Waals surface area contributed by atoms with Crippen molar-refractivity contribution in [3.05, 3.63) is 28.8 Å². The van der Waals surface area contributed by atoms with Gasteiger partial charge >= 0.3 is 6.18 Å². The molecule has 0 atom stereocenters. The number of ketones is 1. The lowest BCUT2D eigenvalue weighted by Gasteiger charge is -2.11. The van der Waals surface area contributed by atoms with E-state index in [1.807, 2.05) is 0 Å². The van der Waals surface area contributed by atoms with Gasteiger partial charge in [-0.25, -0.2) is 0 Å². The van der Waals surface area contributed by atoms with E-state index < -0.39 is 17.5 Å². The van der Waals surface area contributed by atoms with E-state index >= 15 is 0 Å². The smallest absolute Gasteiger partial charge is 0.455 e. The molecule has 1 aromatic carbocycles. The molecule has 0 fully saturated rings. The van der Waals surface area contributed by atoms with Crippen molar-refractivity contribution in [2.45, 2.75) is 13.1 Å². The zero-order valence-corrected chi connectivity index (χ0v) is 9.02. The number of benzene rings is 1. The van der Waals surface area contributed by atoms with Crippen molar-refractivity contribution in [2.24, 2.45) is 0 Å². The number of hydrogen-bond acceptors (Lipinski definition) is 2. The molecule has 0 aliphatic heterocycles. The van der Waals surface area contributed by atoms with Gasteiger partial charge in [-0.1, -0.05) is 11.6 Å². The Morgan fingerprint density at radius 1 is 1.44 bits per heavy atom. The number of carbonyl (C=O) groups excluding carboxylic acids is 1. The van der Waals surface area contributed by atoms with Crippen LogP contribution in [-0.4, -0.2) is 18.6 Å². The molecule has 2 nitrogen and oxygen atoms in total. The van der Waals surface area contributed by atoms with Gasteiger partial charge in [0.15, 0.2) is 0 Å². The largest absolute Gasteiger partial charge is 0.493 e. The molecule has 1 aromatic rings. The van der Waals surface area contributed by atoms with E-state index in [2.05, 4.69) is 0 Å². The summed E-state index contributed by atoms with van der Waals surface area (Å²) < 4.78 is 41.6. The molecule has 0 N–H and O–H groups in total. The van der Waals surface area contributed by atoms with Crippen LogP contribution in [0, 0.1) is 0 Å². The summed E-state index contributed by atoms with van der Waals surface area (Å²) in [7, 11) is 0. The van der Waals surface area contributed by atoms with E-state index in [9.17, 15) is 18.0 Å². The molecule has 0 radical (unpaired) electrons. The van der Waals surface area contributed by atoms with Gasteiger partial charge in [-0.2, -0.15) is 13.2 Å². The van der Waals surface area contributed by atoms with Gasteiger partial charge < -0.3 is 4.74 Å². The summed E-state index contributed by atoms with van der Waals surface area (Å²) in [4.78, 5) is 11.1. The molecular weight excluding hydrogens is 245 g/mol. The summed E-state index contributed by atoms with van der Waals surface area (Å²) in [5, 5.41) is 0.0519. The molecule has 0 unspecified atom stereocenters. The van der Waals surface area contributed by atoms with Crippen molar-refractivity contribution in [1.29, 1.82) is 0 Å². The molecule has 0 aliphatic carbocycles. The molecule has 6 heteroatoms. The Hall–Kier alpha value is -1.23. The summed E-state index contributed by atoms with van der Waals surface area (Å²) >= 11 is 5.54. The molecule has 0 bridgehead atoms. The van der Waals surface area contributed by atoms with Crippen LogP contribution in [0.25, 0.3) is 0 Å². The number of alkyl halides is 3. The Labute approximate surface area is 95.0 Å². The number of hydrogen-bond donors (Lipinski definition) is 0. The van der Waals surface area contributed by atoms with Crippen LogP contribution in [0.15, 0.2) is 18.2 Å². The fraction of sp³-hybridized carbons (Fsp3) is 0.300. The predicted molar refractivity (Wildman–Crippen MR) is 53.0 cm³/mol. The molecule has 0 amide bonds. The van der Waals surface area contributed by atoms with Gasteiger partial charge in [0.05, 0.1) is 12.2 Å². The van der Waals surface area contributed by atoms with Gasteiger partial charge in [-0.3, -0.25) is 4.79 Å². The first-order valence-corrected chi connectivity index (χ1v) is 4.78. The maximum Gasteiger partial charge on any atom is 0.455 e. The quantitative estimate of drug-likeness (QED) is 0.770. The van der Waals surface area contributed by atoms with Gasteiger partial charge in [-0.05, 0) is 25.1 Å². The van der Waals surface area contributed by atoms with E-state index in [4.69, 9.17) is 16.3 Å². The van der Waals surface area contributed by atoms with Gasteiger partial charge in [0.25, 0.3) is 5.78 Å². The minimum Gasteiger partial charge on any atom is -0.493 e. The van der Waals surface area contributed by atoms with Crippen LogP contribution < -0.4 is 4.74 Å². The average Bonchev–Trinajstić information content (AvgIpc) is 2.18. The van der Waals surface area contributed by atoms with Gasteiger partial charge in [0.1, 0.15) is 5.75 Å². The first-order chi connectivity index (χ1) is 7.36. The van der Waals surface area contributed by atoms with E-state index in [0.29, 0.717) is 0 Å². The van der Waals surface area contributed by atoms with Crippen LogP contribution in [0.4, 0.5) is 13.2 Å². The lowest BCUT2D eigenvalue weighted by Crippen LogP contribution is -2.23. The third kappa shape index (κ3) is 2.88. The lowest BCUT2D eigenvalue weighted by atomic mass is 10.1. The van der Waals surface area contributed by atoms with Crippen molar-refractivity contribution in [3.63, 3.8) is 0 Å². The highest BCUT2D eigenvalue weighted by Gasteiger charge is 2.40.